The Balaban J connectivity index is 1.64. The maximum Gasteiger partial charge on any atom is 0.251 e. The fourth-order valence-corrected chi connectivity index (χ4v) is 6.18. The number of sulfone groups is 1. The van der Waals surface area contributed by atoms with Gasteiger partial charge in [0.1, 0.15) is 11.3 Å². The van der Waals surface area contributed by atoms with Crippen LogP contribution in [0.1, 0.15) is 37.9 Å². The predicted molar refractivity (Wildman–Crippen MR) is 127 cm³/mol. The maximum atomic E-state index is 13.6. The number of H-pyrrole nitrogens is 1. The molecule has 2 aliphatic rings. The van der Waals surface area contributed by atoms with Crippen molar-refractivity contribution in [3.05, 3.63) is 45.7 Å². The van der Waals surface area contributed by atoms with Crippen LogP contribution in [-0.2, 0) is 9.84 Å². The van der Waals surface area contributed by atoms with Gasteiger partial charge in [0.25, 0.3) is 5.92 Å². The van der Waals surface area contributed by atoms with Crippen molar-refractivity contribution < 1.29 is 22.3 Å². The lowest BCUT2D eigenvalue weighted by Crippen LogP contribution is -2.39. The summed E-state index contributed by atoms with van der Waals surface area (Å²) < 4.78 is 51.4. The van der Waals surface area contributed by atoms with Crippen LogP contribution >= 0.6 is 23.2 Å². The van der Waals surface area contributed by atoms with Crippen molar-refractivity contribution in [1.29, 1.82) is 0 Å². The summed E-state index contributed by atoms with van der Waals surface area (Å²) in [5.74, 6) is -2.68. The van der Waals surface area contributed by atoms with Crippen molar-refractivity contribution in [2.75, 3.05) is 30.3 Å². The second-order valence-electron chi connectivity index (χ2n) is 8.41. The number of aromatic nitrogens is 2. The van der Waals surface area contributed by atoms with Gasteiger partial charge in [0.2, 0.25) is 0 Å². The van der Waals surface area contributed by atoms with Gasteiger partial charge in [-0.2, -0.15) is 0 Å². The number of aliphatic hydroxyl groups excluding tert-OH is 1. The van der Waals surface area contributed by atoms with Crippen LogP contribution in [0.4, 0.5) is 14.5 Å². The molecule has 0 bridgehead atoms. The van der Waals surface area contributed by atoms with E-state index >= 15 is 0 Å². The average Bonchev–Trinajstić information content (AvgIpc) is 3.19. The Morgan fingerprint density at radius 2 is 2.03 bits per heavy atom. The molecule has 1 aromatic heterocycles. The van der Waals surface area contributed by atoms with Crippen molar-refractivity contribution in [1.82, 2.24) is 9.97 Å². The largest absolute Gasteiger partial charge is 0.395 e. The molecule has 33 heavy (non-hydrogen) atoms. The maximum absolute atomic E-state index is 13.6. The standard InChI is InChI=1S/C22H25Cl2F2N3O3S/c1-2-33(31,32)14-5-3-13(4-6-14)15(12-30)21-27-17-11-16(23)20(18(24)19(17)28-21)29-9-7-22(25,26)8-10-29/h3-5,11,14-15,30H,2,6-10,12H2,1H3,(H,27,28). The summed E-state index contributed by atoms with van der Waals surface area (Å²) in [5.41, 5.74) is 2.23. The quantitative estimate of drug-likeness (QED) is 0.568. The molecule has 0 radical (unpaired) electrons. The highest BCUT2D eigenvalue weighted by molar-refractivity contribution is 7.92. The number of nitrogens with one attached hydrogen (secondary N) is 1. The molecule has 2 heterocycles. The average molecular weight is 520 g/mol. The monoisotopic (exact) mass is 519 g/mol. The lowest BCUT2D eigenvalue weighted by Gasteiger charge is -2.34. The van der Waals surface area contributed by atoms with Gasteiger partial charge < -0.3 is 15.0 Å². The number of halogens is 4. The number of alkyl halides is 2. The SMILES string of the molecule is CCS(=O)(=O)C1C=CC(C(CO)c2nc3c(Cl)c(N4CCC(F)(F)CC4)c(Cl)cc3[nH]2)=CC1. The number of aliphatic hydroxyl groups is 1. The van der Waals surface area contributed by atoms with Crippen molar-refractivity contribution in [2.45, 2.75) is 43.3 Å². The van der Waals surface area contributed by atoms with Crippen LogP contribution in [-0.4, -0.2) is 60.1 Å². The molecular formula is C22H25Cl2F2N3O3S. The van der Waals surface area contributed by atoms with Crippen molar-refractivity contribution in [3.63, 3.8) is 0 Å². The van der Waals surface area contributed by atoms with Crippen LogP contribution in [0.5, 0.6) is 0 Å². The van der Waals surface area contributed by atoms with Gasteiger partial charge >= 0.3 is 0 Å². The number of anilines is 1. The Labute approximate surface area is 201 Å². The smallest absolute Gasteiger partial charge is 0.251 e. The lowest BCUT2D eigenvalue weighted by atomic mass is 9.94. The van der Waals surface area contributed by atoms with Gasteiger partial charge in [-0.05, 0) is 18.1 Å². The molecule has 1 aliphatic carbocycles. The topological polar surface area (TPSA) is 86.3 Å². The van der Waals surface area contributed by atoms with Gasteiger partial charge in [0, 0.05) is 31.7 Å². The van der Waals surface area contributed by atoms with Gasteiger partial charge in [-0.25, -0.2) is 22.2 Å². The highest BCUT2D eigenvalue weighted by atomic mass is 35.5. The molecule has 6 nitrogen and oxygen atoms in total. The predicted octanol–water partition coefficient (Wildman–Crippen LogP) is 4.87. The molecule has 1 aliphatic heterocycles. The fraction of sp³-hybridized carbons (Fsp3) is 0.500. The van der Waals surface area contributed by atoms with E-state index < -0.39 is 26.9 Å². The van der Waals surface area contributed by atoms with Crippen LogP contribution < -0.4 is 4.90 Å². The molecule has 2 unspecified atom stereocenters. The Morgan fingerprint density at radius 3 is 2.61 bits per heavy atom. The minimum Gasteiger partial charge on any atom is -0.395 e. The molecule has 180 valence electrons. The zero-order chi connectivity index (χ0) is 24.0. The molecule has 2 N–H and O–H groups in total. The number of benzene rings is 1. The Hall–Kier alpha value is -1.68. The van der Waals surface area contributed by atoms with Crippen LogP contribution in [0.2, 0.25) is 10.0 Å². The summed E-state index contributed by atoms with van der Waals surface area (Å²) in [7, 11) is -3.20. The van der Waals surface area contributed by atoms with Gasteiger partial charge in [-0.3, -0.25) is 0 Å². The number of fused-ring (bicyclic) bond motifs is 1. The van der Waals surface area contributed by atoms with E-state index in [-0.39, 0.29) is 43.3 Å². The number of nitrogens with zero attached hydrogens (tertiary/aromatic N) is 2. The van der Waals surface area contributed by atoms with Gasteiger partial charge in [0.05, 0.1) is 39.0 Å². The molecule has 0 amide bonds. The van der Waals surface area contributed by atoms with Crippen LogP contribution in [0, 0.1) is 0 Å². The zero-order valence-electron chi connectivity index (χ0n) is 18.0. The minimum absolute atomic E-state index is 0.0639. The van der Waals surface area contributed by atoms with Crippen molar-refractivity contribution in [3.8, 4) is 0 Å². The molecule has 2 atom stereocenters. The first-order valence-corrected chi connectivity index (χ1v) is 13.2. The molecule has 4 rings (SSSR count). The summed E-state index contributed by atoms with van der Waals surface area (Å²) in [6.07, 6.45) is 4.95. The number of hydrogen-bond acceptors (Lipinski definition) is 5. The van der Waals surface area contributed by atoms with Crippen LogP contribution in [0.3, 0.4) is 0 Å². The molecule has 1 saturated heterocycles. The molecule has 0 saturated carbocycles. The molecule has 11 heteroatoms. The van der Waals surface area contributed by atoms with Crippen molar-refractivity contribution >= 4 is 49.8 Å². The molecule has 1 aromatic carbocycles. The number of hydrogen-bond donors (Lipinski definition) is 2. The fourth-order valence-electron chi connectivity index (χ4n) is 4.31. The third kappa shape index (κ3) is 4.78. The first-order chi connectivity index (χ1) is 15.6. The summed E-state index contributed by atoms with van der Waals surface area (Å²) in [5, 5.41) is 10.1. The van der Waals surface area contributed by atoms with Gasteiger partial charge in [-0.15, -0.1) is 0 Å². The first-order valence-electron chi connectivity index (χ1n) is 10.8. The molecule has 0 spiro atoms. The lowest BCUT2D eigenvalue weighted by molar-refractivity contribution is -0.0220. The van der Waals surface area contributed by atoms with E-state index in [0.29, 0.717) is 34.0 Å². The van der Waals surface area contributed by atoms with E-state index in [1.165, 1.54) is 0 Å². The highest BCUT2D eigenvalue weighted by Gasteiger charge is 2.35. The summed E-state index contributed by atoms with van der Waals surface area (Å²) in [4.78, 5) is 9.49. The zero-order valence-corrected chi connectivity index (χ0v) is 20.3. The first kappa shape index (κ1) is 24.4. The number of aromatic amines is 1. The summed E-state index contributed by atoms with van der Waals surface area (Å²) in [6, 6.07) is 1.66. The molecule has 2 aromatic rings. The van der Waals surface area contributed by atoms with E-state index in [4.69, 9.17) is 23.2 Å². The normalized spacial score (nSPS) is 21.9. The van der Waals surface area contributed by atoms with Gasteiger partial charge in [0.15, 0.2) is 9.84 Å². The number of imidazole rings is 1. The third-order valence-electron chi connectivity index (χ3n) is 6.34. The van der Waals surface area contributed by atoms with Crippen LogP contribution in [0.25, 0.3) is 11.0 Å². The second kappa shape index (κ2) is 9.17. The minimum atomic E-state index is -3.20. The van der Waals surface area contributed by atoms with E-state index in [2.05, 4.69) is 9.97 Å². The van der Waals surface area contributed by atoms with E-state index in [0.717, 1.165) is 5.57 Å². The molecular weight excluding hydrogens is 495 g/mol. The summed E-state index contributed by atoms with van der Waals surface area (Å²) in [6.45, 7) is 1.63. The van der Waals surface area contributed by atoms with E-state index in [1.54, 1.807) is 36.1 Å². The Kier molecular flexibility index (Phi) is 6.79. The second-order valence-corrected chi connectivity index (χ2v) is 11.7. The Morgan fingerprint density at radius 1 is 1.33 bits per heavy atom. The van der Waals surface area contributed by atoms with E-state index in [9.17, 15) is 22.3 Å². The molecule has 1 fully saturated rings. The highest BCUT2D eigenvalue weighted by Crippen LogP contribution is 2.42. The number of piperidine rings is 1. The van der Waals surface area contributed by atoms with Crippen molar-refractivity contribution in [2.24, 2.45) is 0 Å². The van der Waals surface area contributed by atoms with Gasteiger partial charge in [-0.1, -0.05) is 48.4 Å². The van der Waals surface area contributed by atoms with Crippen LogP contribution in [0.15, 0.2) is 29.9 Å². The number of allylic oxidation sites excluding steroid dienone is 2. The Bertz CT molecular complexity index is 1220. The van der Waals surface area contributed by atoms with E-state index in [1.807, 2.05) is 0 Å². The summed E-state index contributed by atoms with van der Waals surface area (Å²) >= 11 is 13.1. The third-order valence-corrected chi connectivity index (χ3v) is 9.07. The number of rotatable bonds is 6.